The molecular weight excluding hydrogens is 164 g/mol. The predicted molar refractivity (Wildman–Crippen MR) is 43.4 cm³/mol. The van der Waals surface area contributed by atoms with Crippen LogP contribution in [-0.2, 0) is 8.98 Å². The van der Waals surface area contributed by atoms with E-state index >= 15 is 0 Å². The molecule has 1 atom stereocenters. The highest BCUT2D eigenvalue weighted by Crippen LogP contribution is 2.37. The van der Waals surface area contributed by atoms with E-state index < -0.39 is 5.97 Å². The SMILES string of the molecule is CC1(CC(=O)O)CCCOS1. The highest BCUT2D eigenvalue weighted by molar-refractivity contribution is 7.96. The minimum Gasteiger partial charge on any atom is -0.481 e. The zero-order valence-corrected chi connectivity index (χ0v) is 7.32. The lowest BCUT2D eigenvalue weighted by Gasteiger charge is -2.29. The van der Waals surface area contributed by atoms with Crippen LogP contribution in [0, 0.1) is 0 Å². The van der Waals surface area contributed by atoms with Crippen LogP contribution in [0.1, 0.15) is 26.2 Å². The Kier molecular flexibility index (Phi) is 2.78. The number of carbonyl (C=O) groups is 1. The van der Waals surface area contributed by atoms with Gasteiger partial charge in [-0.3, -0.25) is 4.79 Å². The molecule has 0 spiro atoms. The Bertz CT molecular complexity index is 152. The van der Waals surface area contributed by atoms with Gasteiger partial charge in [0.2, 0.25) is 0 Å². The second kappa shape index (κ2) is 3.45. The predicted octanol–water partition coefficient (Wildman–Crippen LogP) is 1.68. The van der Waals surface area contributed by atoms with Crippen molar-refractivity contribution >= 4 is 18.0 Å². The highest BCUT2D eigenvalue weighted by Gasteiger charge is 2.31. The van der Waals surface area contributed by atoms with Gasteiger partial charge >= 0.3 is 5.97 Å². The van der Waals surface area contributed by atoms with Gasteiger partial charge in [-0.25, -0.2) is 0 Å². The van der Waals surface area contributed by atoms with Crippen LogP contribution in [0.15, 0.2) is 0 Å². The Labute approximate surface area is 70.3 Å². The van der Waals surface area contributed by atoms with E-state index in [0.29, 0.717) is 0 Å². The van der Waals surface area contributed by atoms with Crippen molar-refractivity contribution in [1.82, 2.24) is 0 Å². The number of carboxylic acid groups (broad SMARTS) is 1. The molecule has 0 saturated carbocycles. The van der Waals surface area contributed by atoms with Crippen LogP contribution in [-0.4, -0.2) is 22.4 Å². The van der Waals surface area contributed by atoms with Crippen molar-refractivity contribution in [2.75, 3.05) is 6.61 Å². The Balaban J connectivity index is 2.43. The summed E-state index contributed by atoms with van der Waals surface area (Å²) in [7, 11) is 0. The third kappa shape index (κ3) is 2.71. The van der Waals surface area contributed by atoms with E-state index in [4.69, 9.17) is 9.29 Å². The molecule has 4 heteroatoms. The fraction of sp³-hybridized carbons (Fsp3) is 0.857. The molecule has 0 aromatic rings. The molecule has 1 fully saturated rings. The van der Waals surface area contributed by atoms with Crippen LogP contribution >= 0.6 is 12.0 Å². The summed E-state index contributed by atoms with van der Waals surface area (Å²) in [5.41, 5.74) is 0. The Hall–Kier alpha value is -0.220. The summed E-state index contributed by atoms with van der Waals surface area (Å²) in [5.74, 6) is -0.745. The van der Waals surface area contributed by atoms with Gasteiger partial charge in [0.05, 0.1) is 13.0 Å². The lowest BCUT2D eigenvalue weighted by Crippen LogP contribution is -2.28. The van der Waals surface area contributed by atoms with E-state index in [2.05, 4.69) is 0 Å². The van der Waals surface area contributed by atoms with Crippen LogP contribution in [0.5, 0.6) is 0 Å². The van der Waals surface area contributed by atoms with E-state index in [1.807, 2.05) is 6.92 Å². The lowest BCUT2D eigenvalue weighted by molar-refractivity contribution is -0.137. The van der Waals surface area contributed by atoms with Gasteiger partial charge in [0, 0.05) is 4.75 Å². The summed E-state index contributed by atoms with van der Waals surface area (Å²) >= 11 is 1.31. The van der Waals surface area contributed by atoms with Crippen LogP contribution < -0.4 is 0 Å². The standard InChI is InChI=1S/C7H12O3S/c1-7(5-6(8)9)3-2-4-10-11-7/h2-5H2,1H3,(H,8,9). The van der Waals surface area contributed by atoms with Crippen molar-refractivity contribution in [3.63, 3.8) is 0 Å². The van der Waals surface area contributed by atoms with Gasteiger partial charge in [-0.2, -0.15) is 0 Å². The topological polar surface area (TPSA) is 46.5 Å². The van der Waals surface area contributed by atoms with E-state index in [1.54, 1.807) is 0 Å². The Morgan fingerprint density at radius 3 is 3.00 bits per heavy atom. The van der Waals surface area contributed by atoms with Crippen molar-refractivity contribution in [2.24, 2.45) is 0 Å². The molecule has 1 saturated heterocycles. The molecule has 11 heavy (non-hydrogen) atoms. The maximum absolute atomic E-state index is 10.4. The van der Waals surface area contributed by atoms with Gasteiger partial charge in [0.15, 0.2) is 0 Å². The first-order valence-corrected chi connectivity index (χ1v) is 4.39. The second-order valence-electron chi connectivity index (χ2n) is 3.03. The van der Waals surface area contributed by atoms with Crippen LogP contribution in [0.2, 0.25) is 0 Å². The van der Waals surface area contributed by atoms with Gasteiger partial charge in [0.25, 0.3) is 0 Å². The number of rotatable bonds is 2. The summed E-state index contributed by atoms with van der Waals surface area (Å²) in [4.78, 5) is 10.4. The van der Waals surface area contributed by atoms with E-state index in [9.17, 15) is 4.79 Å². The summed E-state index contributed by atoms with van der Waals surface area (Å²) < 4.78 is 4.94. The fourth-order valence-electron chi connectivity index (χ4n) is 1.17. The number of hydrogen-bond donors (Lipinski definition) is 1. The first-order valence-electron chi connectivity index (χ1n) is 3.65. The van der Waals surface area contributed by atoms with E-state index in [1.165, 1.54) is 12.0 Å². The minimum absolute atomic E-state index is 0.192. The molecule has 1 N–H and O–H groups in total. The molecule has 0 radical (unpaired) electrons. The molecule has 0 aromatic carbocycles. The molecule has 1 heterocycles. The van der Waals surface area contributed by atoms with Crippen LogP contribution in [0.4, 0.5) is 0 Å². The minimum atomic E-state index is -0.745. The molecule has 0 bridgehead atoms. The average Bonchev–Trinajstić information content (AvgIpc) is 1.85. The van der Waals surface area contributed by atoms with E-state index in [0.717, 1.165) is 19.4 Å². The first-order chi connectivity index (χ1) is 5.12. The third-order valence-electron chi connectivity index (χ3n) is 1.72. The molecule has 0 amide bonds. The monoisotopic (exact) mass is 176 g/mol. The van der Waals surface area contributed by atoms with Crippen molar-refractivity contribution in [1.29, 1.82) is 0 Å². The van der Waals surface area contributed by atoms with Crippen molar-refractivity contribution in [3.8, 4) is 0 Å². The van der Waals surface area contributed by atoms with Gasteiger partial charge < -0.3 is 9.29 Å². The second-order valence-corrected chi connectivity index (χ2v) is 4.42. The molecule has 3 nitrogen and oxygen atoms in total. The molecule has 1 unspecified atom stereocenters. The van der Waals surface area contributed by atoms with Crippen molar-refractivity contribution in [2.45, 2.75) is 30.9 Å². The van der Waals surface area contributed by atoms with Crippen LogP contribution in [0.3, 0.4) is 0 Å². The third-order valence-corrected chi connectivity index (χ3v) is 2.75. The Morgan fingerprint density at radius 2 is 2.55 bits per heavy atom. The summed E-state index contributed by atoms with van der Waals surface area (Å²) in [6.07, 6.45) is 2.10. The highest BCUT2D eigenvalue weighted by atomic mass is 32.2. The largest absolute Gasteiger partial charge is 0.481 e. The van der Waals surface area contributed by atoms with Crippen LogP contribution in [0.25, 0.3) is 0 Å². The molecule has 1 aliphatic rings. The summed E-state index contributed by atoms with van der Waals surface area (Å²) in [6.45, 7) is 2.69. The summed E-state index contributed by atoms with van der Waals surface area (Å²) in [6, 6.07) is 0. The smallest absolute Gasteiger partial charge is 0.304 e. The van der Waals surface area contributed by atoms with Gasteiger partial charge in [-0.05, 0) is 31.8 Å². The molecule has 0 aliphatic carbocycles. The fourth-order valence-corrected chi connectivity index (χ4v) is 2.06. The normalized spacial score (nSPS) is 31.7. The van der Waals surface area contributed by atoms with Crippen molar-refractivity contribution in [3.05, 3.63) is 0 Å². The molecule has 64 valence electrons. The molecule has 1 aliphatic heterocycles. The van der Waals surface area contributed by atoms with E-state index in [-0.39, 0.29) is 11.2 Å². The number of carboxylic acids is 1. The quantitative estimate of drug-likeness (QED) is 0.650. The van der Waals surface area contributed by atoms with Gasteiger partial charge in [-0.1, -0.05) is 0 Å². The summed E-state index contributed by atoms with van der Waals surface area (Å²) in [5, 5.41) is 8.56. The average molecular weight is 176 g/mol. The van der Waals surface area contributed by atoms with Crippen molar-refractivity contribution < 1.29 is 14.1 Å². The first kappa shape index (κ1) is 8.87. The van der Waals surface area contributed by atoms with Gasteiger partial charge in [-0.15, -0.1) is 0 Å². The van der Waals surface area contributed by atoms with Gasteiger partial charge in [0.1, 0.15) is 0 Å². The lowest BCUT2D eigenvalue weighted by atomic mass is 10.0. The zero-order valence-electron chi connectivity index (χ0n) is 6.50. The number of aliphatic carboxylic acids is 1. The Morgan fingerprint density at radius 1 is 1.82 bits per heavy atom. The zero-order chi connectivity index (χ0) is 8.32. The molecule has 1 rings (SSSR count). The molecule has 0 aromatic heterocycles. The maximum atomic E-state index is 10.4. The maximum Gasteiger partial charge on any atom is 0.304 e. The number of hydrogen-bond acceptors (Lipinski definition) is 3. The molecular formula is C7H12O3S.